The Morgan fingerprint density at radius 2 is 1.94 bits per heavy atom. The maximum atomic E-state index is 12.5. The van der Waals surface area contributed by atoms with Gasteiger partial charge < -0.3 is 14.6 Å². The molecule has 3 rings (SSSR count). The lowest BCUT2D eigenvalue weighted by Gasteiger charge is -2.10. The summed E-state index contributed by atoms with van der Waals surface area (Å²) in [5.41, 5.74) is 1.60. The third-order valence-electron chi connectivity index (χ3n) is 4.26. The van der Waals surface area contributed by atoms with Gasteiger partial charge in [-0.3, -0.25) is 4.79 Å². The van der Waals surface area contributed by atoms with Gasteiger partial charge in [-0.2, -0.15) is 0 Å². The maximum Gasteiger partial charge on any atom is 0.338 e. The number of rotatable bonds is 8. The van der Waals surface area contributed by atoms with E-state index in [0.717, 1.165) is 0 Å². The molecule has 0 aliphatic rings. The molecule has 32 heavy (non-hydrogen) atoms. The van der Waals surface area contributed by atoms with Crippen molar-refractivity contribution in [3.05, 3.63) is 58.1 Å². The number of nitrogens with zero attached hydrogens (tertiary/aromatic N) is 3. The highest BCUT2D eigenvalue weighted by molar-refractivity contribution is 7.99. The number of ether oxygens (including phenoxy) is 1. The Hall–Kier alpha value is -2.55. The molecule has 3 aromatic rings. The Kier molecular flexibility index (Phi) is 8.17. The minimum Gasteiger partial charge on any atom is -0.459 e. The molecule has 0 aliphatic carbocycles. The average molecular weight is 493 g/mol. The molecule has 0 radical (unpaired) electrons. The number of aromatic nitrogens is 3. The first-order valence-electron chi connectivity index (χ1n) is 9.90. The molecule has 1 aromatic heterocycles. The number of esters is 1. The number of carbonyl (C=O) groups excluding carboxylic acids is 2. The summed E-state index contributed by atoms with van der Waals surface area (Å²) >= 11 is 13.6. The van der Waals surface area contributed by atoms with Crippen LogP contribution in [0.5, 0.6) is 0 Å². The highest BCUT2D eigenvalue weighted by atomic mass is 35.5. The van der Waals surface area contributed by atoms with E-state index in [9.17, 15) is 9.59 Å². The van der Waals surface area contributed by atoms with E-state index in [-0.39, 0.29) is 17.8 Å². The average Bonchev–Trinajstić information content (AvgIpc) is 3.14. The normalized spacial score (nSPS) is 10.9. The monoisotopic (exact) mass is 492 g/mol. The van der Waals surface area contributed by atoms with Crippen LogP contribution in [0.4, 0.5) is 5.69 Å². The van der Waals surface area contributed by atoms with Crippen molar-refractivity contribution < 1.29 is 14.3 Å². The fraction of sp³-hybridized carbons (Fsp3) is 0.273. The van der Waals surface area contributed by atoms with E-state index in [1.54, 1.807) is 56.3 Å². The maximum absolute atomic E-state index is 12.5. The Morgan fingerprint density at radius 3 is 2.62 bits per heavy atom. The quantitative estimate of drug-likeness (QED) is 0.326. The van der Waals surface area contributed by atoms with Gasteiger partial charge >= 0.3 is 5.97 Å². The number of anilines is 1. The topological polar surface area (TPSA) is 86.1 Å². The molecule has 0 atom stereocenters. The molecule has 0 bridgehead atoms. The molecule has 0 saturated heterocycles. The molecule has 1 heterocycles. The zero-order valence-electron chi connectivity index (χ0n) is 17.8. The summed E-state index contributed by atoms with van der Waals surface area (Å²) in [5, 5.41) is 12.9. The molecule has 0 fully saturated rings. The predicted molar refractivity (Wildman–Crippen MR) is 127 cm³/mol. The fourth-order valence-corrected chi connectivity index (χ4v) is 4.18. The summed E-state index contributed by atoms with van der Waals surface area (Å²) in [7, 11) is 0. The SMILES string of the molecule is CCn1c(SCC(=O)Nc2cccc(C(=O)OC(C)C)c2)nnc1-c1ccc(Cl)cc1Cl. The van der Waals surface area contributed by atoms with Crippen molar-refractivity contribution in [2.24, 2.45) is 0 Å². The van der Waals surface area contributed by atoms with Crippen molar-refractivity contribution in [2.75, 3.05) is 11.1 Å². The Balaban J connectivity index is 1.67. The van der Waals surface area contributed by atoms with E-state index in [2.05, 4.69) is 15.5 Å². The van der Waals surface area contributed by atoms with Gasteiger partial charge in [-0.05, 0) is 57.2 Å². The number of amides is 1. The van der Waals surface area contributed by atoms with Crippen molar-refractivity contribution in [3.63, 3.8) is 0 Å². The molecule has 1 N–H and O–H groups in total. The second-order valence-corrected chi connectivity index (χ2v) is 8.83. The summed E-state index contributed by atoms with van der Waals surface area (Å²) < 4.78 is 7.07. The summed E-state index contributed by atoms with van der Waals surface area (Å²) in [6.07, 6.45) is -0.222. The third-order valence-corrected chi connectivity index (χ3v) is 5.78. The molecule has 0 aliphatic heterocycles. The van der Waals surface area contributed by atoms with Crippen LogP contribution in [0, 0.1) is 0 Å². The van der Waals surface area contributed by atoms with Gasteiger partial charge in [0.1, 0.15) is 0 Å². The molecule has 168 valence electrons. The van der Waals surface area contributed by atoms with Gasteiger partial charge in [0.15, 0.2) is 11.0 Å². The van der Waals surface area contributed by atoms with Crippen molar-refractivity contribution in [1.29, 1.82) is 0 Å². The first-order valence-corrected chi connectivity index (χ1v) is 11.6. The largest absolute Gasteiger partial charge is 0.459 e. The van der Waals surface area contributed by atoms with E-state index in [1.165, 1.54) is 11.8 Å². The van der Waals surface area contributed by atoms with Crippen LogP contribution in [0.1, 0.15) is 31.1 Å². The number of nitrogens with one attached hydrogen (secondary N) is 1. The fourth-order valence-electron chi connectivity index (χ4n) is 2.88. The van der Waals surface area contributed by atoms with Crippen LogP contribution in [0.3, 0.4) is 0 Å². The van der Waals surface area contributed by atoms with Gasteiger partial charge in [0, 0.05) is 22.8 Å². The van der Waals surface area contributed by atoms with Crippen LogP contribution in [0.25, 0.3) is 11.4 Å². The number of thioether (sulfide) groups is 1. The van der Waals surface area contributed by atoms with Crippen LogP contribution >= 0.6 is 35.0 Å². The minimum absolute atomic E-state index is 0.118. The summed E-state index contributed by atoms with van der Waals surface area (Å²) in [4.78, 5) is 24.5. The Bertz CT molecular complexity index is 1130. The highest BCUT2D eigenvalue weighted by Gasteiger charge is 2.17. The van der Waals surface area contributed by atoms with Crippen molar-refractivity contribution >= 4 is 52.5 Å². The number of carbonyl (C=O) groups is 2. The zero-order chi connectivity index (χ0) is 23.3. The van der Waals surface area contributed by atoms with Crippen LogP contribution in [-0.4, -0.2) is 38.5 Å². The Labute approximate surface area is 200 Å². The molecular weight excluding hydrogens is 471 g/mol. The first-order chi connectivity index (χ1) is 15.3. The van der Waals surface area contributed by atoms with E-state index in [0.29, 0.717) is 44.4 Å². The summed E-state index contributed by atoms with van der Waals surface area (Å²) in [6.45, 7) is 6.12. The smallest absolute Gasteiger partial charge is 0.338 e. The summed E-state index contributed by atoms with van der Waals surface area (Å²) in [5.74, 6) is 0.0529. The van der Waals surface area contributed by atoms with Gasteiger partial charge in [0.2, 0.25) is 5.91 Å². The van der Waals surface area contributed by atoms with E-state index in [1.807, 2.05) is 11.5 Å². The molecule has 7 nitrogen and oxygen atoms in total. The number of benzene rings is 2. The van der Waals surface area contributed by atoms with Crippen molar-refractivity contribution in [3.8, 4) is 11.4 Å². The zero-order valence-corrected chi connectivity index (χ0v) is 20.1. The van der Waals surface area contributed by atoms with Crippen molar-refractivity contribution in [1.82, 2.24) is 14.8 Å². The molecular formula is C22H22Cl2N4O3S. The van der Waals surface area contributed by atoms with E-state index >= 15 is 0 Å². The Morgan fingerprint density at radius 1 is 1.16 bits per heavy atom. The predicted octanol–water partition coefficient (Wildman–Crippen LogP) is 5.57. The molecule has 0 unspecified atom stereocenters. The van der Waals surface area contributed by atoms with Gasteiger partial charge in [0.25, 0.3) is 0 Å². The second kappa shape index (κ2) is 10.8. The van der Waals surface area contributed by atoms with Gasteiger partial charge in [-0.25, -0.2) is 4.79 Å². The van der Waals surface area contributed by atoms with Crippen LogP contribution in [0.2, 0.25) is 10.0 Å². The lowest BCUT2D eigenvalue weighted by atomic mass is 10.2. The van der Waals surface area contributed by atoms with Crippen LogP contribution in [0.15, 0.2) is 47.6 Å². The second-order valence-electron chi connectivity index (χ2n) is 7.05. The minimum atomic E-state index is -0.435. The molecule has 2 aromatic carbocycles. The van der Waals surface area contributed by atoms with Crippen LogP contribution < -0.4 is 5.32 Å². The third kappa shape index (κ3) is 6.03. The molecule has 1 amide bonds. The number of hydrogen-bond acceptors (Lipinski definition) is 6. The van der Waals surface area contributed by atoms with Crippen molar-refractivity contribution in [2.45, 2.75) is 38.6 Å². The number of halogens is 2. The standard InChI is InChI=1S/C22H22Cl2N4O3S/c1-4-28-20(17-9-8-15(23)11-18(17)24)26-27-22(28)32-12-19(29)25-16-7-5-6-14(10-16)21(30)31-13(2)3/h5-11,13H,4,12H2,1-3H3,(H,25,29). The number of hydrogen-bond donors (Lipinski definition) is 1. The summed E-state index contributed by atoms with van der Waals surface area (Å²) in [6, 6.07) is 11.8. The van der Waals surface area contributed by atoms with Gasteiger partial charge in [-0.15, -0.1) is 10.2 Å². The molecule has 0 saturated carbocycles. The van der Waals surface area contributed by atoms with E-state index < -0.39 is 5.97 Å². The highest BCUT2D eigenvalue weighted by Crippen LogP contribution is 2.31. The molecule has 10 heteroatoms. The van der Waals surface area contributed by atoms with E-state index in [4.69, 9.17) is 27.9 Å². The molecule has 0 spiro atoms. The first kappa shape index (κ1) is 24.1. The van der Waals surface area contributed by atoms with Crippen LogP contribution in [-0.2, 0) is 16.1 Å². The van der Waals surface area contributed by atoms with Gasteiger partial charge in [-0.1, -0.05) is 41.0 Å². The lowest BCUT2D eigenvalue weighted by molar-refractivity contribution is -0.113. The lowest BCUT2D eigenvalue weighted by Crippen LogP contribution is -2.16. The van der Waals surface area contributed by atoms with Gasteiger partial charge in [0.05, 0.1) is 22.4 Å².